The first-order chi connectivity index (χ1) is 18.6. The van der Waals surface area contributed by atoms with Gasteiger partial charge in [-0.05, 0) is 109 Å². The molecule has 0 aromatic heterocycles. The molecule has 4 saturated carbocycles. The lowest BCUT2D eigenvalue weighted by Crippen LogP contribution is -2.66. The van der Waals surface area contributed by atoms with Crippen molar-refractivity contribution < 1.29 is 19.1 Å². The Morgan fingerprint density at radius 3 is 2.17 bits per heavy atom. The van der Waals surface area contributed by atoms with Gasteiger partial charge in [0, 0.05) is 31.8 Å². The molecule has 1 amide bonds. The van der Waals surface area contributed by atoms with Crippen LogP contribution < -0.4 is 0 Å². The summed E-state index contributed by atoms with van der Waals surface area (Å²) < 4.78 is 5.91. The van der Waals surface area contributed by atoms with Crippen molar-refractivity contribution >= 4 is 17.7 Å². The highest BCUT2D eigenvalue weighted by Gasteiger charge is 2.71. The molecule has 1 saturated heterocycles. The number of likely N-dealkylation sites (tertiary alicyclic amines) is 1. The number of fused-ring (bicyclic) bond motifs is 7. The summed E-state index contributed by atoms with van der Waals surface area (Å²) in [5.41, 5.74) is 2.07. The van der Waals surface area contributed by atoms with Crippen LogP contribution in [0.2, 0.25) is 0 Å². The maximum atomic E-state index is 14.2. The number of rotatable bonds is 3. The molecular weight excluding hydrogens is 498 g/mol. The number of Topliss-reactive ketones (excluding diaryl/α,β-unsaturated/α-hetero) is 1. The summed E-state index contributed by atoms with van der Waals surface area (Å²) in [7, 11) is 0. The van der Waals surface area contributed by atoms with Crippen molar-refractivity contribution in [1.82, 2.24) is 4.90 Å². The van der Waals surface area contributed by atoms with E-state index >= 15 is 0 Å². The van der Waals surface area contributed by atoms with Crippen LogP contribution in [0.15, 0.2) is 11.1 Å². The third kappa shape index (κ3) is 3.47. The molecule has 0 N–H and O–H groups in total. The lowest BCUT2D eigenvalue weighted by molar-refractivity contribution is -0.233. The molecule has 5 nitrogen and oxygen atoms in total. The maximum Gasteiger partial charge on any atom is 0.302 e. The molecule has 0 aromatic rings. The molecule has 0 bridgehead atoms. The Bertz CT molecular complexity index is 1160. The quantitative estimate of drug-likeness (QED) is 0.350. The summed E-state index contributed by atoms with van der Waals surface area (Å²) in [5.74, 6) is 1.93. The van der Waals surface area contributed by atoms with E-state index in [0.717, 1.165) is 70.0 Å². The van der Waals surface area contributed by atoms with Crippen molar-refractivity contribution in [3.8, 4) is 0 Å². The summed E-state index contributed by atoms with van der Waals surface area (Å²) in [5, 5.41) is 0. The van der Waals surface area contributed by atoms with Crippen LogP contribution in [0.3, 0.4) is 0 Å². The Hall–Kier alpha value is -1.65. The van der Waals surface area contributed by atoms with Gasteiger partial charge in [0.15, 0.2) is 5.78 Å². The summed E-state index contributed by atoms with van der Waals surface area (Å²) in [6.45, 7) is 20.0. The molecule has 1 aliphatic heterocycles. The number of amides is 1. The number of hydrogen-bond acceptors (Lipinski definition) is 4. The molecule has 8 atom stereocenters. The van der Waals surface area contributed by atoms with Gasteiger partial charge in [-0.3, -0.25) is 14.4 Å². The highest BCUT2D eigenvalue weighted by molar-refractivity contribution is 6.07. The highest BCUT2D eigenvalue weighted by atomic mass is 16.5. The number of nitrogens with zero attached hydrogens (tertiary/aromatic N) is 1. The van der Waals surface area contributed by atoms with Crippen molar-refractivity contribution in [2.75, 3.05) is 13.1 Å². The predicted octanol–water partition coefficient (Wildman–Crippen LogP) is 7.13. The fraction of sp³-hybridized carbons (Fsp3) is 0.857. The van der Waals surface area contributed by atoms with Crippen LogP contribution in [0.1, 0.15) is 120 Å². The van der Waals surface area contributed by atoms with E-state index in [0.29, 0.717) is 24.2 Å². The molecule has 5 fully saturated rings. The van der Waals surface area contributed by atoms with E-state index in [9.17, 15) is 14.4 Å². The SMILES string of the molecule is CC(=O)O[C@H]1CC[C@@]2(C)C(CC[C@]3(C)C2CCC2C4=C(C(C)C)C(=O)C[C@]4(C(=O)N4CCC4)CC[C@]23C)C1(C)C. The van der Waals surface area contributed by atoms with Crippen molar-refractivity contribution in [3.05, 3.63) is 11.1 Å². The Kier molecular flexibility index (Phi) is 6.35. The first-order valence-electron chi connectivity index (χ1n) is 16.4. The standard InChI is InChI=1S/C35H53NO4/c1-21(2)28-24(38)20-35(30(39)36-18-9-19-36)17-16-33(7)23(29(28)35)10-11-26-32(6)14-13-27(40-22(3)37)31(4,5)25(32)12-15-34(26,33)8/h21,23,25-27H,9-20H2,1-8H3/t23?,25?,26?,27-,32-,33+,34+,35+/m0/s1. The molecule has 0 aromatic carbocycles. The Labute approximate surface area is 242 Å². The van der Waals surface area contributed by atoms with Crippen LogP contribution in [0.4, 0.5) is 0 Å². The van der Waals surface area contributed by atoms with Gasteiger partial charge in [-0.2, -0.15) is 0 Å². The van der Waals surface area contributed by atoms with Gasteiger partial charge < -0.3 is 9.64 Å². The molecule has 5 heteroatoms. The van der Waals surface area contributed by atoms with Gasteiger partial charge >= 0.3 is 5.97 Å². The third-order valence-electron chi connectivity index (χ3n) is 14.2. The Morgan fingerprint density at radius 2 is 1.57 bits per heavy atom. The van der Waals surface area contributed by atoms with Crippen LogP contribution >= 0.6 is 0 Å². The minimum absolute atomic E-state index is 0.00886. The summed E-state index contributed by atoms with van der Waals surface area (Å²) in [6, 6.07) is 0. The molecule has 6 rings (SSSR count). The molecule has 1 heterocycles. The van der Waals surface area contributed by atoms with Gasteiger partial charge in [0.25, 0.3) is 0 Å². The first kappa shape index (κ1) is 28.5. The minimum Gasteiger partial charge on any atom is -0.462 e. The number of carbonyl (C=O) groups is 3. The van der Waals surface area contributed by atoms with Gasteiger partial charge in [-0.15, -0.1) is 0 Å². The molecule has 3 unspecified atom stereocenters. The largest absolute Gasteiger partial charge is 0.462 e. The number of ketones is 1. The third-order valence-corrected chi connectivity index (χ3v) is 14.2. The van der Waals surface area contributed by atoms with E-state index in [2.05, 4.69) is 48.5 Å². The Morgan fingerprint density at radius 1 is 0.875 bits per heavy atom. The van der Waals surface area contributed by atoms with Crippen molar-refractivity contribution in [1.29, 1.82) is 0 Å². The van der Waals surface area contributed by atoms with E-state index in [1.807, 2.05) is 4.90 Å². The van der Waals surface area contributed by atoms with Gasteiger partial charge in [-0.1, -0.05) is 48.5 Å². The molecule has 222 valence electrons. The molecule has 0 spiro atoms. The lowest BCUT2D eigenvalue weighted by atomic mass is 9.33. The van der Waals surface area contributed by atoms with E-state index in [1.165, 1.54) is 12.0 Å². The van der Waals surface area contributed by atoms with Crippen molar-refractivity contribution in [2.24, 2.45) is 50.7 Å². The van der Waals surface area contributed by atoms with Crippen molar-refractivity contribution in [2.45, 2.75) is 126 Å². The second kappa shape index (κ2) is 8.93. The van der Waals surface area contributed by atoms with Gasteiger partial charge in [-0.25, -0.2) is 0 Å². The number of carbonyl (C=O) groups excluding carboxylic acids is 3. The van der Waals surface area contributed by atoms with E-state index in [4.69, 9.17) is 4.74 Å². The zero-order valence-corrected chi connectivity index (χ0v) is 26.5. The van der Waals surface area contributed by atoms with E-state index < -0.39 is 5.41 Å². The van der Waals surface area contributed by atoms with Crippen LogP contribution in [0, 0.1) is 50.7 Å². The molecule has 5 aliphatic carbocycles. The van der Waals surface area contributed by atoms with Crippen LogP contribution in [0.5, 0.6) is 0 Å². The molecule has 0 radical (unpaired) electrons. The monoisotopic (exact) mass is 551 g/mol. The summed E-state index contributed by atoms with van der Waals surface area (Å²) >= 11 is 0. The zero-order valence-electron chi connectivity index (χ0n) is 26.5. The molecule has 40 heavy (non-hydrogen) atoms. The lowest BCUT2D eigenvalue weighted by Gasteiger charge is -2.72. The van der Waals surface area contributed by atoms with Crippen molar-refractivity contribution in [3.63, 3.8) is 0 Å². The fourth-order valence-electron chi connectivity index (χ4n) is 12.1. The topological polar surface area (TPSA) is 63.7 Å². The smallest absolute Gasteiger partial charge is 0.302 e. The summed E-state index contributed by atoms with van der Waals surface area (Å²) in [6.07, 6.45) is 9.97. The van der Waals surface area contributed by atoms with Gasteiger partial charge in [0.2, 0.25) is 5.91 Å². The van der Waals surface area contributed by atoms with Gasteiger partial charge in [0.05, 0.1) is 5.41 Å². The van der Waals surface area contributed by atoms with Crippen LogP contribution in [0.25, 0.3) is 0 Å². The maximum absolute atomic E-state index is 14.2. The molecule has 6 aliphatic rings. The minimum atomic E-state index is -0.588. The average Bonchev–Trinajstić information content (AvgIpc) is 3.13. The molecular formula is C35H53NO4. The normalized spacial score (nSPS) is 45.7. The first-order valence-corrected chi connectivity index (χ1v) is 16.4. The second-order valence-electron chi connectivity index (χ2n) is 16.4. The summed E-state index contributed by atoms with van der Waals surface area (Å²) in [4.78, 5) is 41.9. The number of allylic oxidation sites excluding steroid dienone is 1. The van der Waals surface area contributed by atoms with Crippen LogP contribution in [-0.4, -0.2) is 41.8 Å². The number of ether oxygens (including phenoxy) is 1. The predicted molar refractivity (Wildman–Crippen MR) is 156 cm³/mol. The van der Waals surface area contributed by atoms with Gasteiger partial charge in [0.1, 0.15) is 6.10 Å². The second-order valence-corrected chi connectivity index (χ2v) is 16.4. The Balaban J connectivity index is 1.40. The zero-order chi connectivity index (χ0) is 29.0. The van der Waals surface area contributed by atoms with E-state index in [-0.39, 0.29) is 51.3 Å². The van der Waals surface area contributed by atoms with Crippen LogP contribution in [-0.2, 0) is 19.1 Å². The number of hydrogen-bond donors (Lipinski definition) is 0. The average molecular weight is 552 g/mol. The highest BCUT2D eigenvalue weighted by Crippen LogP contribution is 2.76. The number of esters is 1. The van der Waals surface area contributed by atoms with E-state index in [1.54, 1.807) is 6.92 Å². The fourth-order valence-corrected chi connectivity index (χ4v) is 12.1.